The van der Waals surface area contributed by atoms with E-state index in [2.05, 4.69) is 15.5 Å². The number of anilines is 1. The molecule has 3 aromatic carbocycles. The predicted octanol–water partition coefficient (Wildman–Crippen LogP) is 2.19. The summed E-state index contributed by atoms with van der Waals surface area (Å²) in [4.78, 5) is 9.39. The zero-order chi connectivity index (χ0) is 29.3. The summed E-state index contributed by atoms with van der Waals surface area (Å²) in [5.74, 6) is -2.39. The monoisotopic (exact) mass is 603 g/mol. The number of methoxy groups -OCH3 is 1. The van der Waals surface area contributed by atoms with Crippen LogP contribution in [0.15, 0.2) is 61.3 Å². The number of fused-ring (bicyclic) bond motifs is 1. The molecule has 0 atom stereocenters. The molecule has 0 saturated heterocycles. The van der Waals surface area contributed by atoms with Crippen molar-refractivity contribution in [1.82, 2.24) is 0 Å². The Kier molecular flexibility index (Phi) is 8.29. The van der Waals surface area contributed by atoms with Gasteiger partial charge >= 0.3 is 0 Å². The second kappa shape index (κ2) is 10.8. The zero-order valence-electron chi connectivity index (χ0n) is 20.1. The molecule has 18 heteroatoms. The third kappa shape index (κ3) is 6.32. The number of ether oxygens (including phenoxy) is 1. The Morgan fingerprint density at radius 2 is 1.59 bits per heavy atom. The topological polar surface area (TPSA) is 246 Å². The number of nitrogens with zero attached hydrogens (tertiary/aromatic N) is 2. The third-order valence-electron chi connectivity index (χ3n) is 5.17. The molecule has 0 spiro atoms. The first kappa shape index (κ1) is 29.9. The lowest BCUT2D eigenvalue weighted by Crippen LogP contribution is -2.09. The standard InChI is InChI=1S/C21H21N3O12S3/c1-11(26)22-14-4-6-17(38(30,31)32)13-10-18(39(33,34)35)20(21(27)19(13)14)24-23-15-9-12(3-5-16(15)36-2)37(28,29)8-7-25/h3-6,9-10,25,27H,7-8H2,1-2H3,(H,22,26)(H,30,31,32)(H,33,34,35). The number of carbonyl (C=O) groups is 1. The van der Waals surface area contributed by atoms with Gasteiger partial charge in [0.15, 0.2) is 15.6 Å². The van der Waals surface area contributed by atoms with Crippen molar-refractivity contribution >= 4 is 63.8 Å². The minimum Gasteiger partial charge on any atom is -0.505 e. The van der Waals surface area contributed by atoms with E-state index in [1.165, 1.54) is 13.2 Å². The molecule has 39 heavy (non-hydrogen) atoms. The summed E-state index contributed by atoms with van der Waals surface area (Å²) < 4.78 is 97.5. The van der Waals surface area contributed by atoms with E-state index in [1.54, 1.807) is 0 Å². The average molecular weight is 604 g/mol. The van der Waals surface area contributed by atoms with Crippen LogP contribution < -0.4 is 10.1 Å². The number of aliphatic hydroxyl groups is 1. The molecular weight excluding hydrogens is 582 g/mol. The van der Waals surface area contributed by atoms with Gasteiger partial charge in [-0.05, 0) is 36.4 Å². The molecule has 1 amide bonds. The van der Waals surface area contributed by atoms with E-state index >= 15 is 0 Å². The van der Waals surface area contributed by atoms with Crippen LogP contribution in [0.4, 0.5) is 17.1 Å². The third-order valence-corrected chi connectivity index (χ3v) is 8.64. The lowest BCUT2D eigenvalue weighted by atomic mass is 10.1. The molecule has 3 rings (SSSR count). The van der Waals surface area contributed by atoms with Crippen LogP contribution in [0.1, 0.15) is 6.92 Å². The maximum absolute atomic E-state index is 12.4. The van der Waals surface area contributed by atoms with E-state index in [0.717, 1.165) is 31.2 Å². The molecule has 3 aromatic rings. The van der Waals surface area contributed by atoms with Crippen LogP contribution in [0.25, 0.3) is 10.8 Å². The molecule has 0 aliphatic heterocycles. The lowest BCUT2D eigenvalue weighted by molar-refractivity contribution is -0.114. The molecule has 0 bridgehead atoms. The summed E-state index contributed by atoms with van der Waals surface area (Å²) >= 11 is 0. The molecule has 0 aromatic heterocycles. The van der Waals surface area contributed by atoms with Crippen molar-refractivity contribution in [2.45, 2.75) is 21.6 Å². The number of phenols is 1. The quantitative estimate of drug-likeness (QED) is 0.174. The lowest BCUT2D eigenvalue weighted by Gasteiger charge is -2.15. The van der Waals surface area contributed by atoms with Gasteiger partial charge in [-0.3, -0.25) is 13.9 Å². The highest BCUT2D eigenvalue weighted by atomic mass is 32.2. The van der Waals surface area contributed by atoms with Crippen LogP contribution in [-0.4, -0.2) is 69.9 Å². The van der Waals surface area contributed by atoms with Gasteiger partial charge < -0.3 is 20.3 Å². The number of rotatable bonds is 9. The number of benzene rings is 3. The van der Waals surface area contributed by atoms with Gasteiger partial charge in [0.25, 0.3) is 20.2 Å². The van der Waals surface area contributed by atoms with Crippen molar-refractivity contribution in [2.75, 3.05) is 24.8 Å². The Bertz CT molecular complexity index is 1830. The first-order chi connectivity index (χ1) is 18.0. The van der Waals surface area contributed by atoms with Crippen LogP contribution in [-0.2, 0) is 34.9 Å². The molecular formula is C21H21N3O12S3. The zero-order valence-corrected chi connectivity index (χ0v) is 22.5. The second-order valence-corrected chi connectivity index (χ2v) is 12.7. The van der Waals surface area contributed by atoms with E-state index in [1.807, 2.05) is 0 Å². The number of hydrogen-bond donors (Lipinski definition) is 5. The van der Waals surface area contributed by atoms with Crippen molar-refractivity contribution in [1.29, 1.82) is 0 Å². The predicted molar refractivity (Wildman–Crippen MR) is 136 cm³/mol. The Labute approximate surface area is 222 Å². The van der Waals surface area contributed by atoms with E-state index in [-0.39, 0.29) is 22.0 Å². The van der Waals surface area contributed by atoms with Crippen LogP contribution in [0.3, 0.4) is 0 Å². The van der Waals surface area contributed by atoms with Crippen molar-refractivity contribution < 1.29 is 54.1 Å². The molecule has 0 unspecified atom stereocenters. The van der Waals surface area contributed by atoms with Gasteiger partial charge in [0.1, 0.15) is 26.9 Å². The van der Waals surface area contributed by atoms with Gasteiger partial charge in [-0.15, -0.1) is 10.2 Å². The molecule has 0 saturated carbocycles. The minimum absolute atomic E-state index is 0.0389. The molecule has 210 valence electrons. The fourth-order valence-electron chi connectivity index (χ4n) is 3.53. The van der Waals surface area contributed by atoms with Crippen LogP contribution in [0.2, 0.25) is 0 Å². The number of amides is 1. The molecule has 0 heterocycles. The number of sulfone groups is 1. The van der Waals surface area contributed by atoms with Gasteiger partial charge in [-0.25, -0.2) is 8.42 Å². The van der Waals surface area contributed by atoms with Crippen molar-refractivity contribution in [2.24, 2.45) is 10.2 Å². The molecule has 0 aliphatic carbocycles. The van der Waals surface area contributed by atoms with Crippen molar-refractivity contribution in [3.05, 3.63) is 36.4 Å². The van der Waals surface area contributed by atoms with Gasteiger partial charge in [-0.2, -0.15) is 16.8 Å². The molecule has 15 nitrogen and oxygen atoms in total. The summed E-state index contributed by atoms with van der Waals surface area (Å²) in [5, 5.41) is 28.7. The highest BCUT2D eigenvalue weighted by molar-refractivity contribution is 7.91. The van der Waals surface area contributed by atoms with Gasteiger partial charge in [0.2, 0.25) is 5.91 Å². The number of aromatic hydroxyl groups is 1. The van der Waals surface area contributed by atoms with Crippen molar-refractivity contribution in [3.63, 3.8) is 0 Å². The van der Waals surface area contributed by atoms with Gasteiger partial charge in [-0.1, -0.05) is 0 Å². The summed E-state index contributed by atoms with van der Waals surface area (Å²) in [7, 11) is -13.0. The van der Waals surface area contributed by atoms with Crippen molar-refractivity contribution in [3.8, 4) is 11.5 Å². The summed E-state index contributed by atoms with van der Waals surface area (Å²) in [6.07, 6.45) is 0. The smallest absolute Gasteiger partial charge is 0.296 e. The molecule has 0 fully saturated rings. The first-order valence-electron chi connectivity index (χ1n) is 10.5. The summed E-state index contributed by atoms with van der Waals surface area (Å²) in [5.41, 5.74) is -1.41. The van der Waals surface area contributed by atoms with Gasteiger partial charge in [0, 0.05) is 12.3 Å². The Balaban J connectivity index is 2.41. The SMILES string of the molecule is COc1ccc(S(=O)(=O)CCO)cc1N=Nc1c(S(=O)(=O)O)cc2c(S(=O)(=O)O)ccc(NC(C)=O)c2c1O. The fourth-order valence-corrected chi connectivity index (χ4v) is 5.90. The summed E-state index contributed by atoms with van der Waals surface area (Å²) in [6.45, 7) is 0.424. The highest BCUT2D eigenvalue weighted by Gasteiger charge is 2.27. The number of aliphatic hydroxyl groups excluding tert-OH is 1. The minimum atomic E-state index is -5.24. The maximum atomic E-state index is 12.4. The Morgan fingerprint density at radius 3 is 2.13 bits per heavy atom. The summed E-state index contributed by atoms with van der Waals surface area (Å²) in [6, 6.07) is 5.80. The number of azo groups is 1. The average Bonchev–Trinajstić information content (AvgIpc) is 2.81. The number of nitrogens with one attached hydrogen (secondary N) is 1. The van der Waals surface area contributed by atoms with Crippen LogP contribution in [0.5, 0.6) is 11.5 Å². The number of phenolic OH excluding ortho intramolecular Hbond substituents is 1. The largest absolute Gasteiger partial charge is 0.505 e. The highest BCUT2D eigenvalue weighted by Crippen LogP contribution is 2.46. The van der Waals surface area contributed by atoms with Crippen LogP contribution >= 0.6 is 0 Å². The molecule has 5 N–H and O–H groups in total. The first-order valence-corrected chi connectivity index (χ1v) is 15.0. The van der Waals surface area contributed by atoms with E-state index in [0.29, 0.717) is 6.07 Å². The number of carbonyl (C=O) groups excluding carboxylic acids is 1. The Morgan fingerprint density at radius 1 is 0.949 bits per heavy atom. The van der Waals surface area contributed by atoms with E-state index in [9.17, 15) is 44.3 Å². The normalized spacial score (nSPS) is 12.6. The number of hydrogen-bond acceptors (Lipinski definition) is 12. The van der Waals surface area contributed by atoms with E-state index < -0.39 is 80.3 Å². The van der Waals surface area contributed by atoms with Gasteiger partial charge in [0.05, 0.1) is 35.4 Å². The molecule has 0 radical (unpaired) electrons. The molecule has 0 aliphatic rings. The Hall–Kier alpha value is -3.68. The van der Waals surface area contributed by atoms with E-state index in [4.69, 9.17) is 9.84 Å². The maximum Gasteiger partial charge on any atom is 0.296 e. The fraction of sp³-hybridized carbons (Fsp3) is 0.190. The van der Waals surface area contributed by atoms with Crippen LogP contribution in [0, 0.1) is 0 Å². The second-order valence-electron chi connectivity index (χ2n) is 7.81.